The quantitative estimate of drug-likeness (QED) is 0.139. The minimum absolute atomic E-state index is 0.0299. The van der Waals surface area contributed by atoms with Gasteiger partial charge in [-0.15, -0.1) is 11.3 Å². The highest BCUT2D eigenvalue weighted by Crippen LogP contribution is 2.67. The van der Waals surface area contributed by atoms with Crippen molar-refractivity contribution < 1.29 is 70.3 Å². The first-order valence-corrected chi connectivity index (χ1v) is 12.5. The minimum Gasteiger partial charge on any atom is -0.477 e. The number of aromatic carboxylic acids is 1. The van der Waals surface area contributed by atoms with Gasteiger partial charge in [-0.1, -0.05) is 6.07 Å². The Bertz CT molecular complexity index is 1090. The summed E-state index contributed by atoms with van der Waals surface area (Å²) in [7, 11) is -2.88. The lowest BCUT2D eigenvalue weighted by Gasteiger charge is -2.26. The Kier molecular flexibility index (Phi) is 11.6. The molecule has 2 rings (SSSR count). The van der Waals surface area contributed by atoms with Gasteiger partial charge in [0.1, 0.15) is 18.1 Å². The third kappa shape index (κ3) is 8.59. The predicted molar refractivity (Wildman–Crippen MR) is 121 cm³/mol. The second-order valence-electron chi connectivity index (χ2n) is 6.67. The molecular weight excluding hydrogens is 549 g/mol. The first-order chi connectivity index (χ1) is 17.5. The van der Waals surface area contributed by atoms with Gasteiger partial charge >= 0.3 is 31.5 Å². The molecule has 37 heavy (non-hydrogen) atoms. The van der Waals surface area contributed by atoms with Crippen molar-refractivity contribution >= 4 is 47.3 Å². The molecule has 13 nitrogen and oxygen atoms in total. The van der Waals surface area contributed by atoms with Crippen LogP contribution in [-0.4, -0.2) is 77.6 Å². The fourth-order valence-corrected chi connectivity index (χ4v) is 4.60. The summed E-state index contributed by atoms with van der Waals surface area (Å²) in [5, 5.41) is 9.25. The summed E-state index contributed by atoms with van der Waals surface area (Å²) in [5.74, 6) is -1.25. The van der Waals surface area contributed by atoms with Gasteiger partial charge in [-0.05, 0) is 23.6 Å². The van der Waals surface area contributed by atoms with Gasteiger partial charge in [-0.25, -0.2) is 14.4 Å². The monoisotopic (exact) mass is 572 g/mol. The Morgan fingerprint density at radius 3 is 1.92 bits per heavy atom. The fourth-order valence-electron chi connectivity index (χ4n) is 2.48. The standard InChI is InChI=1S/C20H23F2O13PS/c1-28-5-7-30-18(25)32-11-34-36(27,35-12-33-19(26)31-8-6-29-2)20(21,22)14-3-4-15-13(9-14)10-16(37-15)17(23)24/h3-4,9-10H,5-8,11-12H2,1-2H3,(H,23,24). The van der Waals surface area contributed by atoms with Crippen molar-refractivity contribution in [3.8, 4) is 0 Å². The molecule has 0 aliphatic rings. The van der Waals surface area contributed by atoms with E-state index in [0.717, 1.165) is 29.5 Å². The van der Waals surface area contributed by atoms with E-state index >= 15 is 8.78 Å². The van der Waals surface area contributed by atoms with E-state index < -0.39 is 50.7 Å². The SMILES string of the molecule is COCCOC(=O)OCOP(=O)(OCOC(=O)OCCOC)C(F)(F)c1ccc2sc(C(=O)O)cc2c1. The third-order valence-corrected chi connectivity index (χ3v) is 7.17. The average Bonchev–Trinajstić information content (AvgIpc) is 3.28. The van der Waals surface area contributed by atoms with E-state index in [4.69, 9.17) is 5.11 Å². The maximum Gasteiger partial charge on any atom is 0.510 e. The van der Waals surface area contributed by atoms with Crippen molar-refractivity contribution in [3.05, 3.63) is 34.7 Å². The number of hydrogen-bond acceptors (Lipinski definition) is 13. The molecule has 0 bridgehead atoms. The molecule has 1 N–H and O–H groups in total. The Balaban J connectivity index is 2.20. The highest BCUT2D eigenvalue weighted by Gasteiger charge is 2.56. The molecule has 0 unspecified atom stereocenters. The smallest absolute Gasteiger partial charge is 0.477 e. The number of carbonyl (C=O) groups is 3. The van der Waals surface area contributed by atoms with Gasteiger partial charge in [0, 0.05) is 24.5 Å². The molecule has 0 spiro atoms. The molecule has 0 saturated heterocycles. The van der Waals surface area contributed by atoms with Crippen molar-refractivity contribution in [2.45, 2.75) is 5.66 Å². The van der Waals surface area contributed by atoms with E-state index in [1.165, 1.54) is 20.3 Å². The Hall–Kier alpha value is -2.88. The van der Waals surface area contributed by atoms with Crippen LogP contribution in [0.25, 0.3) is 10.1 Å². The summed E-state index contributed by atoms with van der Waals surface area (Å²) in [5.41, 5.74) is -5.25. The molecule has 17 heteroatoms. The number of methoxy groups -OCH3 is 2. The van der Waals surface area contributed by atoms with Crippen molar-refractivity contribution in [2.24, 2.45) is 0 Å². The molecule has 206 valence electrons. The molecule has 1 aromatic carbocycles. The number of alkyl halides is 2. The zero-order valence-corrected chi connectivity index (χ0v) is 21.2. The van der Waals surface area contributed by atoms with Gasteiger partial charge in [-0.2, -0.15) is 8.78 Å². The zero-order valence-electron chi connectivity index (χ0n) is 19.5. The topological polar surface area (TPSA) is 162 Å². The van der Waals surface area contributed by atoms with Gasteiger partial charge in [0.25, 0.3) is 0 Å². The lowest BCUT2D eigenvalue weighted by molar-refractivity contribution is -0.0500. The summed E-state index contributed by atoms with van der Waals surface area (Å²) in [6.45, 7) is -2.92. The van der Waals surface area contributed by atoms with E-state index in [0.29, 0.717) is 4.70 Å². The molecular formula is C20H23F2O13PS. The summed E-state index contributed by atoms with van der Waals surface area (Å²) >= 11 is 0.846. The van der Waals surface area contributed by atoms with Crippen LogP contribution >= 0.6 is 18.9 Å². The Labute approximate surface area is 212 Å². The molecule has 0 radical (unpaired) electrons. The van der Waals surface area contributed by atoms with Crippen LogP contribution in [0.1, 0.15) is 15.2 Å². The van der Waals surface area contributed by atoms with Gasteiger partial charge in [0.05, 0.1) is 13.2 Å². The van der Waals surface area contributed by atoms with Gasteiger partial charge in [0.15, 0.2) is 0 Å². The van der Waals surface area contributed by atoms with E-state index in [2.05, 4.69) is 37.5 Å². The number of thiophene rings is 1. The van der Waals surface area contributed by atoms with Crippen molar-refractivity contribution in [3.63, 3.8) is 0 Å². The lowest BCUT2D eigenvalue weighted by Crippen LogP contribution is -2.22. The van der Waals surface area contributed by atoms with Gasteiger partial charge < -0.3 is 33.5 Å². The van der Waals surface area contributed by atoms with E-state index in [9.17, 15) is 18.9 Å². The number of fused-ring (bicyclic) bond motifs is 1. The van der Waals surface area contributed by atoms with Gasteiger partial charge in [0.2, 0.25) is 13.6 Å². The number of hydrogen-bond donors (Lipinski definition) is 1. The van der Waals surface area contributed by atoms with Crippen LogP contribution < -0.4 is 0 Å². The number of carboxylic acids is 1. The highest BCUT2D eigenvalue weighted by molar-refractivity contribution is 7.54. The third-order valence-electron chi connectivity index (χ3n) is 4.23. The predicted octanol–water partition coefficient (Wildman–Crippen LogP) is 4.39. The molecule has 0 aliphatic carbocycles. The maximum absolute atomic E-state index is 15.4. The number of benzene rings is 1. The molecule has 0 saturated carbocycles. The van der Waals surface area contributed by atoms with Crippen LogP contribution in [0.3, 0.4) is 0 Å². The fraction of sp³-hybridized carbons (Fsp3) is 0.450. The summed E-state index contributed by atoms with van der Waals surface area (Å²) in [6, 6.07) is 4.15. The number of rotatable bonds is 15. The highest BCUT2D eigenvalue weighted by atomic mass is 32.1. The van der Waals surface area contributed by atoms with E-state index in [-0.39, 0.29) is 36.7 Å². The molecule has 2 aromatic rings. The molecule has 0 fully saturated rings. The first-order valence-electron chi connectivity index (χ1n) is 10.2. The maximum atomic E-state index is 15.4. The van der Waals surface area contributed by atoms with E-state index in [1.54, 1.807) is 0 Å². The zero-order chi connectivity index (χ0) is 27.5. The first kappa shape index (κ1) is 30.3. The summed E-state index contributed by atoms with van der Waals surface area (Å²) in [4.78, 5) is 34.1. The largest absolute Gasteiger partial charge is 0.510 e. The summed E-state index contributed by atoms with van der Waals surface area (Å²) < 4.78 is 81.1. The normalized spacial score (nSPS) is 11.8. The number of ether oxygens (including phenoxy) is 6. The van der Waals surface area contributed by atoms with Gasteiger partial charge in [-0.3, -0.25) is 13.6 Å². The number of carboxylic acid groups (broad SMARTS) is 1. The van der Waals surface area contributed by atoms with Crippen LogP contribution in [0.15, 0.2) is 24.3 Å². The second kappa shape index (κ2) is 14.2. The minimum atomic E-state index is -5.57. The van der Waals surface area contributed by atoms with Crippen molar-refractivity contribution in [1.29, 1.82) is 0 Å². The van der Waals surface area contributed by atoms with E-state index in [1.807, 2.05) is 0 Å². The van der Waals surface area contributed by atoms with Crippen LogP contribution in [0, 0.1) is 0 Å². The second-order valence-corrected chi connectivity index (χ2v) is 9.83. The molecule has 1 aromatic heterocycles. The lowest BCUT2D eigenvalue weighted by atomic mass is 10.1. The van der Waals surface area contributed by atoms with Crippen LogP contribution in [0.2, 0.25) is 0 Å². The van der Waals surface area contributed by atoms with Crippen LogP contribution in [0.4, 0.5) is 18.4 Å². The molecule has 0 aliphatic heterocycles. The van der Waals surface area contributed by atoms with Crippen molar-refractivity contribution in [1.82, 2.24) is 0 Å². The van der Waals surface area contributed by atoms with Crippen molar-refractivity contribution in [2.75, 3.05) is 54.2 Å². The van der Waals surface area contributed by atoms with Crippen LogP contribution in [-0.2, 0) is 47.7 Å². The Morgan fingerprint density at radius 2 is 1.43 bits per heavy atom. The summed E-state index contributed by atoms with van der Waals surface area (Å²) in [6.07, 6.45) is -2.66. The molecule has 0 amide bonds. The van der Waals surface area contributed by atoms with Crippen LogP contribution in [0.5, 0.6) is 0 Å². The number of carbonyl (C=O) groups excluding carboxylic acids is 2. The number of halogens is 2. The average molecular weight is 572 g/mol. The Morgan fingerprint density at radius 1 is 0.892 bits per heavy atom. The molecule has 1 heterocycles. The molecule has 0 atom stereocenters.